The summed E-state index contributed by atoms with van der Waals surface area (Å²) < 4.78 is 6.08. The van der Waals surface area contributed by atoms with Crippen molar-refractivity contribution in [2.75, 3.05) is 25.4 Å². The topological polar surface area (TPSA) is 66.8 Å². The molecule has 0 saturated carbocycles. The van der Waals surface area contributed by atoms with Gasteiger partial charge in [-0.3, -0.25) is 4.79 Å². The smallest absolute Gasteiger partial charge is 0.334 e. The van der Waals surface area contributed by atoms with E-state index in [1.807, 2.05) is 24.3 Å². The van der Waals surface area contributed by atoms with E-state index < -0.39 is 12.1 Å². The Morgan fingerprint density at radius 3 is 2.75 bits per heavy atom. The minimum atomic E-state index is -1.02. The van der Waals surface area contributed by atoms with Gasteiger partial charge in [-0.1, -0.05) is 15.9 Å². The van der Waals surface area contributed by atoms with Gasteiger partial charge in [-0.2, -0.15) is 0 Å². The third kappa shape index (κ3) is 4.22. The Labute approximate surface area is 129 Å². The van der Waals surface area contributed by atoms with Crippen LogP contribution in [0.2, 0.25) is 0 Å². The number of amides is 1. The highest BCUT2D eigenvalue weighted by atomic mass is 79.9. The van der Waals surface area contributed by atoms with E-state index in [-0.39, 0.29) is 19.1 Å². The van der Waals surface area contributed by atoms with Crippen molar-refractivity contribution in [3.05, 3.63) is 28.7 Å². The Bertz CT molecular complexity index is 494. The number of rotatable bonds is 4. The number of ether oxygens (including phenoxy) is 1. The van der Waals surface area contributed by atoms with E-state index >= 15 is 0 Å². The van der Waals surface area contributed by atoms with Crippen molar-refractivity contribution in [2.24, 2.45) is 0 Å². The Kier molecular flexibility index (Phi) is 5.45. The van der Waals surface area contributed by atoms with Gasteiger partial charge in [0.05, 0.1) is 18.9 Å². The molecule has 2 rings (SSSR count). The lowest BCUT2D eigenvalue weighted by Gasteiger charge is -2.30. The molecule has 1 heterocycles. The molecule has 0 radical (unpaired) electrons. The quantitative estimate of drug-likeness (QED) is 0.831. The maximum atomic E-state index is 12.1. The fraction of sp³-hybridized carbons (Fsp3) is 0.385. The van der Waals surface area contributed by atoms with E-state index in [9.17, 15) is 9.59 Å². The minimum absolute atomic E-state index is 0.0625. The van der Waals surface area contributed by atoms with E-state index in [2.05, 4.69) is 15.9 Å². The van der Waals surface area contributed by atoms with Gasteiger partial charge in [-0.05, 0) is 24.3 Å². The first-order valence-electron chi connectivity index (χ1n) is 6.07. The van der Waals surface area contributed by atoms with Crippen LogP contribution in [-0.2, 0) is 14.3 Å². The number of morpholine rings is 1. The van der Waals surface area contributed by atoms with E-state index in [0.717, 1.165) is 9.37 Å². The molecule has 0 aliphatic carbocycles. The van der Waals surface area contributed by atoms with Gasteiger partial charge in [-0.25, -0.2) is 4.79 Å². The Morgan fingerprint density at radius 1 is 1.40 bits per heavy atom. The lowest BCUT2D eigenvalue weighted by molar-refractivity contribution is -0.158. The SMILES string of the molecule is O=C(O)C1CN(C(=O)CSc2ccc(Br)cc2)CCO1. The molecule has 1 aromatic rings. The number of carboxylic acid groups (broad SMARTS) is 1. The zero-order chi connectivity index (χ0) is 14.5. The third-order valence-electron chi connectivity index (χ3n) is 2.87. The molecule has 1 amide bonds. The molecule has 20 heavy (non-hydrogen) atoms. The molecule has 1 aliphatic heterocycles. The van der Waals surface area contributed by atoms with Crippen molar-refractivity contribution >= 4 is 39.6 Å². The second kappa shape index (κ2) is 7.10. The monoisotopic (exact) mass is 359 g/mol. The number of thioether (sulfide) groups is 1. The lowest BCUT2D eigenvalue weighted by Crippen LogP contribution is -2.49. The molecule has 1 N–H and O–H groups in total. The molecule has 1 atom stereocenters. The van der Waals surface area contributed by atoms with Gasteiger partial charge < -0.3 is 14.7 Å². The Morgan fingerprint density at radius 2 is 2.10 bits per heavy atom. The highest BCUT2D eigenvalue weighted by Crippen LogP contribution is 2.21. The maximum absolute atomic E-state index is 12.1. The Hall–Kier alpha value is -1.05. The van der Waals surface area contributed by atoms with Crippen molar-refractivity contribution in [1.82, 2.24) is 4.90 Å². The highest BCUT2D eigenvalue weighted by molar-refractivity contribution is 9.10. The average molecular weight is 360 g/mol. The number of hydrogen-bond acceptors (Lipinski definition) is 4. The lowest BCUT2D eigenvalue weighted by atomic mass is 10.3. The van der Waals surface area contributed by atoms with Crippen LogP contribution in [0.5, 0.6) is 0 Å². The van der Waals surface area contributed by atoms with Crippen LogP contribution in [0, 0.1) is 0 Å². The second-order valence-corrected chi connectivity index (χ2v) is 6.24. The van der Waals surface area contributed by atoms with Crippen molar-refractivity contribution in [2.45, 2.75) is 11.0 Å². The first kappa shape index (κ1) is 15.3. The minimum Gasteiger partial charge on any atom is -0.479 e. The summed E-state index contributed by atoms with van der Waals surface area (Å²) in [5.74, 6) is -0.788. The summed E-state index contributed by atoms with van der Waals surface area (Å²) in [5.41, 5.74) is 0. The molecule has 1 saturated heterocycles. The zero-order valence-electron chi connectivity index (χ0n) is 10.6. The highest BCUT2D eigenvalue weighted by Gasteiger charge is 2.28. The standard InChI is InChI=1S/C13H14BrNO4S/c14-9-1-3-10(4-2-9)20-8-12(16)15-5-6-19-11(7-15)13(17)18/h1-4,11H,5-8H2,(H,17,18). The molecule has 1 aromatic carbocycles. The van der Waals surface area contributed by atoms with Gasteiger partial charge in [-0.15, -0.1) is 11.8 Å². The molecular formula is C13H14BrNO4S. The Balaban J connectivity index is 1.85. The molecule has 5 nitrogen and oxygen atoms in total. The summed E-state index contributed by atoms with van der Waals surface area (Å²) >= 11 is 4.79. The van der Waals surface area contributed by atoms with Gasteiger partial charge in [0.2, 0.25) is 5.91 Å². The first-order valence-corrected chi connectivity index (χ1v) is 7.84. The molecule has 108 valence electrons. The van der Waals surface area contributed by atoms with E-state index in [0.29, 0.717) is 12.3 Å². The number of carbonyl (C=O) groups is 2. The van der Waals surface area contributed by atoms with Gasteiger partial charge in [0.1, 0.15) is 0 Å². The summed E-state index contributed by atoms with van der Waals surface area (Å²) in [6.45, 7) is 0.838. The number of benzene rings is 1. The van der Waals surface area contributed by atoms with Crippen LogP contribution in [-0.4, -0.2) is 53.4 Å². The molecule has 7 heteroatoms. The van der Waals surface area contributed by atoms with Crippen LogP contribution < -0.4 is 0 Å². The fourth-order valence-electron chi connectivity index (χ4n) is 1.79. The summed E-state index contributed by atoms with van der Waals surface area (Å²) in [6.07, 6.45) is -0.912. The largest absolute Gasteiger partial charge is 0.479 e. The molecule has 0 spiro atoms. The summed E-state index contributed by atoms with van der Waals surface area (Å²) in [7, 11) is 0. The zero-order valence-corrected chi connectivity index (χ0v) is 13.0. The van der Waals surface area contributed by atoms with Crippen LogP contribution in [0.3, 0.4) is 0 Å². The van der Waals surface area contributed by atoms with Crippen LogP contribution in [0.15, 0.2) is 33.6 Å². The van der Waals surface area contributed by atoms with Gasteiger partial charge in [0.25, 0.3) is 0 Å². The molecule has 0 aromatic heterocycles. The van der Waals surface area contributed by atoms with Gasteiger partial charge in [0, 0.05) is 15.9 Å². The predicted molar refractivity (Wildman–Crippen MR) is 78.8 cm³/mol. The number of aliphatic carboxylic acids is 1. The van der Waals surface area contributed by atoms with Crippen LogP contribution in [0.25, 0.3) is 0 Å². The summed E-state index contributed by atoms with van der Waals surface area (Å²) in [4.78, 5) is 25.5. The normalized spacial score (nSPS) is 18.9. The van der Waals surface area contributed by atoms with Crippen LogP contribution in [0.1, 0.15) is 0 Å². The van der Waals surface area contributed by atoms with Crippen LogP contribution >= 0.6 is 27.7 Å². The van der Waals surface area contributed by atoms with Crippen molar-refractivity contribution < 1.29 is 19.4 Å². The summed E-state index contributed by atoms with van der Waals surface area (Å²) in [5, 5.41) is 8.90. The number of nitrogens with zero attached hydrogens (tertiary/aromatic N) is 1. The van der Waals surface area contributed by atoms with Crippen LogP contribution in [0.4, 0.5) is 0 Å². The van der Waals surface area contributed by atoms with Gasteiger partial charge in [0.15, 0.2) is 6.10 Å². The molecule has 1 unspecified atom stereocenters. The fourth-order valence-corrected chi connectivity index (χ4v) is 2.86. The first-order chi connectivity index (χ1) is 9.56. The van der Waals surface area contributed by atoms with E-state index in [4.69, 9.17) is 9.84 Å². The maximum Gasteiger partial charge on any atom is 0.334 e. The summed E-state index contributed by atoms with van der Waals surface area (Å²) in [6, 6.07) is 7.70. The molecule has 1 fully saturated rings. The van der Waals surface area contributed by atoms with E-state index in [1.165, 1.54) is 11.8 Å². The van der Waals surface area contributed by atoms with E-state index in [1.54, 1.807) is 4.90 Å². The molecule has 0 bridgehead atoms. The number of carboxylic acids is 1. The predicted octanol–water partition coefficient (Wildman–Crippen LogP) is 1.85. The number of halogens is 1. The molecular weight excluding hydrogens is 346 g/mol. The van der Waals surface area contributed by atoms with Crippen molar-refractivity contribution in [1.29, 1.82) is 0 Å². The van der Waals surface area contributed by atoms with Crippen molar-refractivity contribution in [3.8, 4) is 0 Å². The van der Waals surface area contributed by atoms with Crippen molar-refractivity contribution in [3.63, 3.8) is 0 Å². The number of hydrogen-bond donors (Lipinski definition) is 1. The molecule has 1 aliphatic rings. The third-order valence-corrected chi connectivity index (χ3v) is 4.40. The average Bonchev–Trinajstić information content (AvgIpc) is 2.46. The second-order valence-electron chi connectivity index (χ2n) is 4.28. The van der Waals surface area contributed by atoms with Gasteiger partial charge >= 0.3 is 5.97 Å². The number of carbonyl (C=O) groups excluding carboxylic acids is 1.